The third-order valence-electron chi connectivity index (χ3n) is 5.36. The number of hydrogen-bond acceptors (Lipinski definition) is 7. The second kappa shape index (κ2) is 11.2. The molecule has 1 aliphatic heterocycles. The molecule has 0 saturated heterocycles. The number of rotatable bonds is 5. The van der Waals surface area contributed by atoms with E-state index in [1.807, 2.05) is 6.92 Å². The van der Waals surface area contributed by atoms with Gasteiger partial charge in [0.1, 0.15) is 28.9 Å². The molecule has 9 nitrogen and oxygen atoms in total. The molecule has 0 aliphatic carbocycles. The number of benzene rings is 2. The zero-order valence-corrected chi connectivity index (χ0v) is 22.8. The van der Waals surface area contributed by atoms with Gasteiger partial charge < -0.3 is 19.7 Å². The Kier molecular flexibility index (Phi) is 8.44. The second-order valence-corrected chi connectivity index (χ2v) is 10.8. The molecule has 0 spiro atoms. The normalized spacial score (nSPS) is 16.1. The minimum atomic E-state index is -1.33. The highest BCUT2D eigenvalue weighted by Gasteiger charge is 2.42. The Balaban J connectivity index is 2.14. The van der Waals surface area contributed by atoms with E-state index < -0.39 is 47.2 Å². The minimum Gasteiger partial charge on any atom is -0.444 e. The zero-order chi connectivity index (χ0) is 28.3. The van der Waals surface area contributed by atoms with E-state index in [2.05, 4.69) is 10.6 Å². The molecule has 3 amide bonds. The van der Waals surface area contributed by atoms with E-state index in [1.54, 1.807) is 77.9 Å². The van der Waals surface area contributed by atoms with E-state index in [0.717, 1.165) is 0 Å². The van der Waals surface area contributed by atoms with Crippen molar-refractivity contribution in [2.24, 2.45) is 4.99 Å². The van der Waals surface area contributed by atoms with Crippen LogP contribution in [0.5, 0.6) is 0 Å². The van der Waals surface area contributed by atoms with E-state index in [4.69, 9.17) is 14.5 Å². The summed E-state index contributed by atoms with van der Waals surface area (Å²) < 4.78 is 26.0. The number of imide groups is 1. The predicted molar refractivity (Wildman–Crippen MR) is 143 cm³/mol. The van der Waals surface area contributed by atoms with Crippen molar-refractivity contribution in [2.45, 2.75) is 78.2 Å². The molecule has 1 aliphatic rings. The molecule has 10 heteroatoms. The lowest BCUT2D eigenvalue weighted by atomic mass is 9.96. The van der Waals surface area contributed by atoms with Gasteiger partial charge in [-0.15, -0.1) is 0 Å². The first-order valence-corrected chi connectivity index (χ1v) is 12.4. The summed E-state index contributed by atoms with van der Waals surface area (Å²) in [5.74, 6) is -1.19. The fourth-order valence-corrected chi connectivity index (χ4v) is 3.97. The lowest BCUT2D eigenvalue weighted by Gasteiger charge is -2.40. The third kappa shape index (κ3) is 7.08. The van der Waals surface area contributed by atoms with Crippen molar-refractivity contribution in [1.82, 2.24) is 10.6 Å². The monoisotopic (exact) mass is 526 g/mol. The van der Waals surface area contributed by atoms with Crippen LogP contribution in [-0.4, -0.2) is 41.2 Å². The largest absolute Gasteiger partial charge is 0.444 e. The summed E-state index contributed by atoms with van der Waals surface area (Å²) in [6, 6.07) is 11.0. The van der Waals surface area contributed by atoms with Crippen LogP contribution in [0.4, 0.5) is 25.4 Å². The minimum absolute atomic E-state index is 0.00622. The average Bonchev–Trinajstić information content (AvgIpc) is 2.79. The summed E-state index contributed by atoms with van der Waals surface area (Å²) in [7, 11) is 0. The first-order valence-electron chi connectivity index (χ1n) is 12.4. The van der Waals surface area contributed by atoms with Gasteiger partial charge in [0.05, 0.1) is 11.7 Å². The molecule has 0 bridgehead atoms. The van der Waals surface area contributed by atoms with Crippen molar-refractivity contribution < 1.29 is 28.2 Å². The van der Waals surface area contributed by atoms with E-state index in [-0.39, 0.29) is 17.1 Å². The van der Waals surface area contributed by atoms with Crippen LogP contribution >= 0.6 is 0 Å². The lowest BCUT2D eigenvalue weighted by molar-refractivity contribution is -0.122. The number of amides is 3. The maximum Gasteiger partial charge on any atom is 0.414 e. The van der Waals surface area contributed by atoms with Crippen molar-refractivity contribution in [1.29, 1.82) is 0 Å². The summed E-state index contributed by atoms with van der Waals surface area (Å²) in [4.78, 5) is 45.1. The topological polar surface area (TPSA) is 109 Å². The molecular weight excluding hydrogens is 491 g/mol. The number of anilines is 1. The number of nitrogens with one attached hydrogen (secondary N) is 2. The van der Waals surface area contributed by atoms with Crippen molar-refractivity contribution >= 4 is 35.3 Å². The standard InChI is InChI=1S/C28H35FN4O5/c1-8-19(31-25(35)37-27(2,3)4)23-30-20-16-12-15-18(29)21(20)22(33(23)17-13-10-9-11-14-17)24(34)32-26(36)38-28(5,6)7/h9-16,19,22H,8H2,1-7H3,(H,31,35)(H,32,34,36)/t19-,22-/m0/s1. The van der Waals surface area contributed by atoms with E-state index >= 15 is 4.39 Å². The quantitative estimate of drug-likeness (QED) is 0.512. The Bertz CT molecular complexity index is 1220. The van der Waals surface area contributed by atoms with Crippen LogP contribution in [0.1, 0.15) is 66.5 Å². The molecule has 1 heterocycles. The Morgan fingerprint density at radius 2 is 1.55 bits per heavy atom. The van der Waals surface area contributed by atoms with Gasteiger partial charge in [0.15, 0.2) is 0 Å². The number of hydrogen-bond donors (Lipinski definition) is 2. The number of nitrogens with zero attached hydrogens (tertiary/aromatic N) is 2. The van der Waals surface area contributed by atoms with Gasteiger partial charge in [-0.05, 0) is 72.2 Å². The van der Waals surface area contributed by atoms with Gasteiger partial charge in [-0.3, -0.25) is 10.1 Å². The molecule has 0 radical (unpaired) electrons. The van der Waals surface area contributed by atoms with Crippen molar-refractivity contribution in [2.75, 3.05) is 4.90 Å². The van der Waals surface area contributed by atoms with Crippen molar-refractivity contribution in [3.8, 4) is 0 Å². The zero-order valence-electron chi connectivity index (χ0n) is 22.8. The lowest BCUT2D eigenvalue weighted by Crippen LogP contribution is -2.55. The number of fused-ring (bicyclic) bond motifs is 1. The number of ether oxygens (including phenoxy) is 2. The van der Waals surface area contributed by atoms with Crippen LogP contribution in [0.2, 0.25) is 0 Å². The van der Waals surface area contributed by atoms with Crippen molar-refractivity contribution in [3.05, 3.63) is 59.9 Å². The number of aliphatic imine (C=N–C) groups is 1. The number of amidine groups is 1. The Labute approximate surface area is 222 Å². The number of carbonyl (C=O) groups is 3. The summed E-state index contributed by atoms with van der Waals surface area (Å²) in [6.07, 6.45) is -1.25. The first-order chi connectivity index (χ1) is 17.7. The number of halogens is 1. The van der Waals surface area contributed by atoms with Gasteiger partial charge in [0.2, 0.25) is 0 Å². The molecule has 0 unspecified atom stereocenters. The molecule has 38 heavy (non-hydrogen) atoms. The number of para-hydroxylation sites is 1. The predicted octanol–water partition coefficient (Wildman–Crippen LogP) is 5.77. The third-order valence-corrected chi connectivity index (χ3v) is 5.36. The van der Waals surface area contributed by atoms with Gasteiger partial charge in [-0.25, -0.2) is 19.0 Å². The Morgan fingerprint density at radius 3 is 2.13 bits per heavy atom. The molecule has 0 fully saturated rings. The van der Waals surface area contributed by atoms with Gasteiger partial charge in [-0.1, -0.05) is 31.2 Å². The van der Waals surface area contributed by atoms with Crippen LogP contribution < -0.4 is 15.5 Å². The molecule has 0 saturated carbocycles. The molecule has 3 rings (SSSR count). The maximum atomic E-state index is 15.3. The highest BCUT2D eigenvalue weighted by Crippen LogP contribution is 2.40. The van der Waals surface area contributed by atoms with Crippen LogP contribution in [0, 0.1) is 5.82 Å². The number of alkyl carbamates (subject to hydrolysis) is 2. The summed E-state index contributed by atoms with van der Waals surface area (Å²) in [5, 5.41) is 5.07. The summed E-state index contributed by atoms with van der Waals surface area (Å²) >= 11 is 0. The van der Waals surface area contributed by atoms with Gasteiger partial charge in [-0.2, -0.15) is 0 Å². The summed E-state index contributed by atoms with van der Waals surface area (Å²) in [5.41, 5.74) is -0.874. The first kappa shape index (κ1) is 28.6. The summed E-state index contributed by atoms with van der Waals surface area (Å²) in [6.45, 7) is 12.1. The molecular formula is C28H35FN4O5. The Morgan fingerprint density at radius 1 is 0.947 bits per heavy atom. The van der Waals surface area contributed by atoms with Crippen LogP contribution in [0.15, 0.2) is 53.5 Å². The van der Waals surface area contributed by atoms with Crippen LogP contribution in [0.25, 0.3) is 0 Å². The highest BCUT2D eigenvalue weighted by molar-refractivity contribution is 6.12. The van der Waals surface area contributed by atoms with Gasteiger partial charge >= 0.3 is 12.2 Å². The molecule has 2 atom stereocenters. The van der Waals surface area contributed by atoms with E-state index in [0.29, 0.717) is 12.1 Å². The highest BCUT2D eigenvalue weighted by atomic mass is 19.1. The molecule has 2 aromatic carbocycles. The fraction of sp³-hybridized carbons (Fsp3) is 0.429. The van der Waals surface area contributed by atoms with Gasteiger partial charge in [0.25, 0.3) is 5.91 Å². The van der Waals surface area contributed by atoms with Crippen LogP contribution in [-0.2, 0) is 14.3 Å². The molecule has 204 valence electrons. The molecule has 2 N–H and O–H groups in total. The SMILES string of the molecule is CC[C@H](NC(=O)OC(C)(C)C)C1=Nc2cccc(F)c2[C@@H](C(=O)NC(=O)OC(C)(C)C)N1c1ccccc1. The average molecular weight is 527 g/mol. The second-order valence-electron chi connectivity index (χ2n) is 10.8. The number of carbonyl (C=O) groups excluding carboxylic acids is 3. The smallest absolute Gasteiger partial charge is 0.414 e. The molecule has 2 aromatic rings. The van der Waals surface area contributed by atoms with Crippen LogP contribution in [0.3, 0.4) is 0 Å². The Hall–Kier alpha value is -3.95. The van der Waals surface area contributed by atoms with Crippen molar-refractivity contribution in [3.63, 3.8) is 0 Å². The maximum absolute atomic E-state index is 15.3. The van der Waals surface area contributed by atoms with Gasteiger partial charge in [0, 0.05) is 11.3 Å². The molecule has 0 aromatic heterocycles. The van der Waals surface area contributed by atoms with E-state index in [1.165, 1.54) is 17.0 Å². The fourth-order valence-electron chi connectivity index (χ4n) is 3.97. The van der Waals surface area contributed by atoms with E-state index in [9.17, 15) is 14.4 Å².